The number of aliphatic imine (C=N–C) groups is 1. The highest BCUT2D eigenvalue weighted by Gasteiger charge is 1.96. The van der Waals surface area contributed by atoms with Crippen molar-refractivity contribution in [2.24, 2.45) is 4.99 Å². The van der Waals surface area contributed by atoms with Crippen molar-refractivity contribution in [3.8, 4) is 5.75 Å². The van der Waals surface area contributed by atoms with Crippen LogP contribution in [-0.2, 0) is 4.79 Å². The first-order chi connectivity index (χ1) is 12.9. The largest absolute Gasteiger partial charge is 0.494 e. The van der Waals surface area contributed by atoms with Gasteiger partial charge >= 0.3 is 0 Å². The van der Waals surface area contributed by atoms with Gasteiger partial charge in [0.2, 0.25) is 6.08 Å². The fourth-order valence-corrected chi connectivity index (χ4v) is 3.16. The Morgan fingerprint density at radius 2 is 1.19 bits per heavy atom. The second-order valence-electron chi connectivity index (χ2n) is 7.14. The number of hydrogen-bond acceptors (Lipinski definition) is 3. The second kappa shape index (κ2) is 16.8. The summed E-state index contributed by atoms with van der Waals surface area (Å²) in [7, 11) is 0. The van der Waals surface area contributed by atoms with Gasteiger partial charge in [-0.25, -0.2) is 4.79 Å². The lowest BCUT2D eigenvalue weighted by atomic mass is 10.0. The van der Waals surface area contributed by atoms with E-state index in [0.29, 0.717) is 5.69 Å². The van der Waals surface area contributed by atoms with Gasteiger partial charge in [0.05, 0.1) is 12.3 Å². The van der Waals surface area contributed by atoms with Crippen molar-refractivity contribution in [3.05, 3.63) is 24.3 Å². The monoisotopic (exact) mass is 359 g/mol. The maximum atomic E-state index is 10.2. The summed E-state index contributed by atoms with van der Waals surface area (Å²) >= 11 is 0. The van der Waals surface area contributed by atoms with Gasteiger partial charge in [0.25, 0.3) is 0 Å². The minimum atomic E-state index is 0.615. The van der Waals surface area contributed by atoms with Gasteiger partial charge in [-0.1, -0.05) is 90.4 Å². The molecule has 0 spiro atoms. The molecule has 0 bridgehead atoms. The fourth-order valence-electron chi connectivity index (χ4n) is 3.16. The molecule has 0 heterocycles. The molecule has 146 valence electrons. The van der Waals surface area contributed by atoms with Crippen LogP contribution in [0.5, 0.6) is 5.75 Å². The van der Waals surface area contributed by atoms with Gasteiger partial charge in [-0.2, -0.15) is 4.99 Å². The summed E-state index contributed by atoms with van der Waals surface area (Å²) < 4.78 is 5.71. The molecule has 0 amide bonds. The van der Waals surface area contributed by atoms with Crippen LogP contribution in [0.4, 0.5) is 5.69 Å². The molecule has 3 heteroatoms. The zero-order chi connectivity index (χ0) is 18.7. The first kappa shape index (κ1) is 22.4. The maximum Gasteiger partial charge on any atom is 0.240 e. The van der Waals surface area contributed by atoms with Crippen LogP contribution in [0.2, 0.25) is 0 Å². The molecule has 0 unspecified atom stereocenters. The smallest absolute Gasteiger partial charge is 0.240 e. The highest BCUT2D eigenvalue weighted by Crippen LogP contribution is 2.18. The number of unbranched alkanes of at least 4 members (excludes halogenated alkanes) is 13. The minimum Gasteiger partial charge on any atom is -0.494 e. The number of carbonyl (C=O) groups excluding carboxylic acids is 1. The predicted molar refractivity (Wildman–Crippen MR) is 110 cm³/mol. The molecule has 0 N–H and O–H groups in total. The van der Waals surface area contributed by atoms with Crippen LogP contribution in [0.25, 0.3) is 0 Å². The molecule has 0 atom stereocenters. The van der Waals surface area contributed by atoms with Crippen LogP contribution in [0.15, 0.2) is 29.3 Å². The third-order valence-corrected chi connectivity index (χ3v) is 4.78. The number of nitrogens with zero attached hydrogens (tertiary/aromatic N) is 1. The Morgan fingerprint density at radius 3 is 1.65 bits per heavy atom. The van der Waals surface area contributed by atoms with E-state index in [9.17, 15) is 4.79 Å². The Balaban J connectivity index is 1.82. The van der Waals surface area contributed by atoms with E-state index in [0.717, 1.165) is 18.8 Å². The van der Waals surface area contributed by atoms with E-state index in [1.54, 1.807) is 12.1 Å². The summed E-state index contributed by atoms with van der Waals surface area (Å²) in [6.07, 6.45) is 20.7. The highest BCUT2D eigenvalue weighted by molar-refractivity contribution is 5.49. The lowest BCUT2D eigenvalue weighted by Crippen LogP contribution is -1.96. The van der Waals surface area contributed by atoms with Crippen molar-refractivity contribution in [3.63, 3.8) is 0 Å². The summed E-state index contributed by atoms with van der Waals surface area (Å²) in [6.45, 7) is 3.04. The summed E-state index contributed by atoms with van der Waals surface area (Å²) in [4.78, 5) is 13.7. The van der Waals surface area contributed by atoms with Crippen molar-refractivity contribution < 1.29 is 9.53 Å². The average molecular weight is 360 g/mol. The third kappa shape index (κ3) is 12.7. The van der Waals surface area contributed by atoms with Crippen molar-refractivity contribution >= 4 is 11.8 Å². The number of hydrogen-bond donors (Lipinski definition) is 0. The SMILES string of the molecule is CCCCCCCCCCCCCCCCOc1ccc(N=C=O)cc1. The van der Waals surface area contributed by atoms with E-state index in [2.05, 4.69) is 11.9 Å². The van der Waals surface area contributed by atoms with Gasteiger partial charge in [-0.05, 0) is 30.7 Å². The van der Waals surface area contributed by atoms with E-state index in [-0.39, 0.29) is 0 Å². The third-order valence-electron chi connectivity index (χ3n) is 4.78. The lowest BCUT2D eigenvalue weighted by Gasteiger charge is -2.06. The lowest BCUT2D eigenvalue weighted by molar-refractivity contribution is 0.304. The van der Waals surface area contributed by atoms with Crippen molar-refractivity contribution in [2.75, 3.05) is 6.61 Å². The number of rotatable bonds is 17. The van der Waals surface area contributed by atoms with Crippen LogP contribution < -0.4 is 4.74 Å². The Labute approximate surface area is 160 Å². The molecular formula is C23H37NO2. The summed E-state index contributed by atoms with van der Waals surface area (Å²) in [5.41, 5.74) is 0.615. The van der Waals surface area contributed by atoms with Gasteiger partial charge in [0.15, 0.2) is 0 Å². The average Bonchev–Trinajstić information content (AvgIpc) is 2.66. The molecular weight excluding hydrogens is 322 g/mol. The minimum absolute atomic E-state index is 0.615. The van der Waals surface area contributed by atoms with Gasteiger partial charge in [0, 0.05) is 0 Å². The molecule has 0 aliphatic rings. The number of isocyanates is 1. The fraction of sp³-hybridized carbons (Fsp3) is 0.696. The molecule has 1 aromatic carbocycles. The summed E-state index contributed by atoms with van der Waals surface area (Å²) in [5.74, 6) is 0.838. The van der Waals surface area contributed by atoms with Crippen molar-refractivity contribution in [1.29, 1.82) is 0 Å². The van der Waals surface area contributed by atoms with E-state index in [1.807, 2.05) is 12.1 Å². The Morgan fingerprint density at radius 1 is 0.731 bits per heavy atom. The number of ether oxygens (including phenoxy) is 1. The van der Waals surface area contributed by atoms with Gasteiger partial charge in [-0.15, -0.1) is 0 Å². The number of benzene rings is 1. The van der Waals surface area contributed by atoms with Gasteiger partial charge < -0.3 is 4.74 Å². The standard InChI is InChI=1S/C23H37NO2/c1-2-3-4-5-6-7-8-9-10-11-12-13-14-15-20-26-23-18-16-22(17-19-23)24-21-25/h16-19H,2-15,20H2,1H3. The Kier molecular flexibility index (Phi) is 14.5. The predicted octanol–water partition coefficient (Wildman–Crippen LogP) is 7.51. The zero-order valence-corrected chi connectivity index (χ0v) is 16.7. The quantitative estimate of drug-likeness (QED) is 0.164. The van der Waals surface area contributed by atoms with E-state index >= 15 is 0 Å². The van der Waals surface area contributed by atoms with Crippen LogP contribution in [0, 0.1) is 0 Å². The van der Waals surface area contributed by atoms with Crippen LogP contribution >= 0.6 is 0 Å². The van der Waals surface area contributed by atoms with E-state index < -0.39 is 0 Å². The highest BCUT2D eigenvalue weighted by atomic mass is 16.5. The molecule has 26 heavy (non-hydrogen) atoms. The van der Waals surface area contributed by atoms with Crippen molar-refractivity contribution in [2.45, 2.75) is 96.8 Å². The molecule has 0 radical (unpaired) electrons. The topological polar surface area (TPSA) is 38.7 Å². The van der Waals surface area contributed by atoms with Gasteiger partial charge in [-0.3, -0.25) is 0 Å². The molecule has 3 nitrogen and oxygen atoms in total. The van der Waals surface area contributed by atoms with Crippen LogP contribution in [-0.4, -0.2) is 12.7 Å². The Hall–Kier alpha value is -1.60. The second-order valence-corrected chi connectivity index (χ2v) is 7.14. The molecule has 1 aromatic rings. The zero-order valence-electron chi connectivity index (χ0n) is 16.7. The van der Waals surface area contributed by atoms with Crippen LogP contribution in [0.3, 0.4) is 0 Å². The molecule has 0 aliphatic heterocycles. The summed E-state index contributed by atoms with van der Waals surface area (Å²) in [5, 5.41) is 0. The summed E-state index contributed by atoms with van der Waals surface area (Å²) in [6, 6.07) is 7.23. The molecule has 0 saturated carbocycles. The Bertz CT molecular complexity index is 477. The van der Waals surface area contributed by atoms with E-state index in [1.165, 1.54) is 89.6 Å². The molecule has 0 aromatic heterocycles. The van der Waals surface area contributed by atoms with Gasteiger partial charge in [0.1, 0.15) is 5.75 Å². The van der Waals surface area contributed by atoms with Crippen LogP contribution in [0.1, 0.15) is 96.8 Å². The first-order valence-corrected chi connectivity index (χ1v) is 10.7. The molecule has 1 rings (SSSR count). The molecule has 0 fully saturated rings. The normalized spacial score (nSPS) is 10.5. The molecule has 0 aliphatic carbocycles. The maximum absolute atomic E-state index is 10.2. The van der Waals surface area contributed by atoms with Crippen molar-refractivity contribution in [1.82, 2.24) is 0 Å². The first-order valence-electron chi connectivity index (χ1n) is 10.7. The molecule has 0 saturated heterocycles. The van der Waals surface area contributed by atoms with E-state index in [4.69, 9.17) is 4.74 Å².